The average molecular weight is 312 g/mol. The normalized spacial score (nSPS) is 22.1. The van der Waals surface area contributed by atoms with Crippen LogP contribution in [0.15, 0.2) is 23.0 Å². The number of pyridine rings is 1. The zero-order chi connectivity index (χ0) is 16.4. The number of H-pyrrole nitrogens is 1. The molecule has 1 atom stereocenters. The van der Waals surface area contributed by atoms with Crippen molar-refractivity contribution >= 4 is 16.8 Å². The number of amides is 1. The molecule has 0 spiro atoms. The molecule has 1 unspecified atom stereocenters. The highest BCUT2D eigenvalue weighted by Gasteiger charge is 2.48. The molecule has 0 saturated carbocycles. The number of fused-ring (bicyclic) bond motifs is 4. The van der Waals surface area contributed by atoms with Gasteiger partial charge in [-0.3, -0.25) is 9.59 Å². The average Bonchev–Trinajstić information content (AvgIpc) is 2.93. The Balaban J connectivity index is 1.97. The third-order valence-corrected chi connectivity index (χ3v) is 5.30. The van der Waals surface area contributed by atoms with Crippen LogP contribution in [0.3, 0.4) is 0 Å². The first kappa shape index (κ1) is 14.3. The molecule has 2 aliphatic heterocycles. The topological polar surface area (TPSA) is 62.4 Å². The molecular formula is C18H20N2O3. The predicted octanol–water partition coefficient (Wildman–Crippen LogP) is 2.74. The minimum Gasteiger partial charge on any atom is -0.497 e. The van der Waals surface area contributed by atoms with E-state index in [-0.39, 0.29) is 22.8 Å². The number of benzene rings is 1. The summed E-state index contributed by atoms with van der Waals surface area (Å²) in [6.07, 6.45) is 1.40. The lowest BCUT2D eigenvalue weighted by atomic mass is 9.75. The molecule has 1 aromatic heterocycles. The molecule has 4 rings (SSSR count). The zero-order valence-electron chi connectivity index (χ0n) is 13.6. The molecule has 0 radical (unpaired) electrons. The Bertz CT molecular complexity index is 882. The van der Waals surface area contributed by atoms with Crippen LogP contribution in [0, 0.1) is 5.41 Å². The van der Waals surface area contributed by atoms with E-state index < -0.39 is 0 Å². The molecule has 1 amide bonds. The molecule has 1 saturated heterocycles. The third kappa shape index (κ3) is 1.92. The molecule has 3 heterocycles. The van der Waals surface area contributed by atoms with Crippen molar-refractivity contribution in [2.45, 2.75) is 39.3 Å². The highest BCUT2D eigenvalue weighted by Crippen LogP contribution is 2.49. The lowest BCUT2D eigenvalue weighted by molar-refractivity contribution is -0.142. The van der Waals surface area contributed by atoms with Crippen molar-refractivity contribution in [3.05, 3.63) is 39.7 Å². The Morgan fingerprint density at radius 1 is 1.30 bits per heavy atom. The van der Waals surface area contributed by atoms with Crippen molar-refractivity contribution in [1.82, 2.24) is 9.88 Å². The highest BCUT2D eigenvalue weighted by atomic mass is 16.5. The fourth-order valence-corrected chi connectivity index (χ4v) is 4.01. The standard InChI is InChI=1S/C18H20N2O3/c1-18(2)7-6-14(21)20-9-12-15(17(18)20)19-13-5-4-10(23-3)8-11(13)16(12)22/h4-5,8,17H,6-7,9H2,1-3H3,(H,19,22). The number of aromatic nitrogens is 1. The number of rotatable bonds is 1. The van der Waals surface area contributed by atoms with E-state index in [9.17, 15) is 9.59 Å². The molecule has 0 bridgehead atoms. The Kier molecular flexibility index (Phi) is 2.86. The molecule has 120 valence electrons. The lowest BCUT2D eigenvalue weighted by Crippen LogP contribution is -2.42. The summed E-state index contributed by atoms with van der Waals surface area (Å²) in [7, 11) is 1.59. The van der Waals surface area contributed by atoms with Crippen LogP contribution in [0.25, 0.3) is 10.9 Å². The number of methoxy groups -OCH3 is 1. The summed E-state index contributed by atoms with van der Waals surface area (Å²) >= 11 is 0. The van der Waals surface area contributed by atoms with Crippen LogP contribution in [0.4, 0.5) is 0 Å². The van der Waals surface area contributed by atoms with Gasteiger partial charge in [-0.25, -0.2) is 0 Å². The van der Waals surface area contributed by atoms with Gasteiger partial charge in [-0.05, 0) is 30.0 Å². The monoisotopic (exact) mass is 312 g/mol. The predicted molar refractivity (Wildman–Crippen MR) is 87.4 cm³/mol. The van der Waals surface area contributed by atoms with Crippen molar-refractivity contribution < 1.29 is 9.53 Å². The third-order valence-electron chi connectivity index (χ3n) is 5.30. The first-order valence-electron chi connectivity index (χ1n) is 7.94. The van der Waals surface area contributed by atoms with Crippen molar-refractivity contribution in [3.8, 4) is 5.75 Å². The van der Waals surface area contributed by atoms with Gasteiger partial charge in [-0.15, -0.1) is 0 Å². The molecule has 2 aliphatic rings. The molecule has 1 N–H and O–H groups in total. The summed E-state index contributed by atoms with van der Waals surface area (Å²) in [5.41, 5.74) is 2.39. The molecule has 5 heteroatoms. The van der Waals surface area contributed by atoms with Crippen molar-refractivity contribution in [2.24, 2.45) is 5.41 Å². The van der Waals surface area contributed by atoms with Crippen molar-refractivity contribution in [3.63, 3.8) is 0 Å². The summed E-state index contributed by atoms with van der Waals surface area (Å²) in [5, 5.41) is 0.619. The van der Waals surface area contributed by atoms with Gasteiger partial charge in [0.15, 0.2) is 5.43 Å². The van der Waals surface area contributed by atoms with Gasteiger partial charge in [0, 0.05) is 28.6 Å². The van der Waals surface area contributed by atoms with Crippen molar-refractivity contribution in [2.75, 3.05) is 7.11 Å². The van der Waals surface area contributed by atoms with Crippen LogP contribution < -0.4 is 10.2 Å². The van der Waals surface area contributed by atoms with Crippen LogP contribution in [-0.4, -0.2) is 22.9 Å². The molecular weight excluding hydrogens is 292 g/mol. The second kappa shape index (κ2) is 4.60. The number of ether oxygens (including phenoxy) is 1. The molecule has 1 fully saturated rings. The molecule has 2 aromatic rings. The van der Waals surface area contributed by atoms with Gasteiger partial charge >= 0.3 is 0 Å². The summed E-state index contributed by atoms with van der Waals surface area (Å²) in [6, 6.07) is 5.43. The Morgan fingerprint density at radius 2 is 2.09 bits per heavy atom. The van der Waals surface area contributed by atoms with E-state index in [0.717, 1.165) is 23.2 Å². The number of hydrogen-bond donors (Lipinski definition) is 1. The van der Waals surface area contributed by atoms with Gasteiger partial charge in [-0.1, -0.05) is 13.8 Å². The number of carbonyl (C=O) groups excluding carboxylic acids is 1. The lowest BCUT2D eigenvalue weighted by Gasteiger charge is -2.42. The first-order chi connectivity index (χ1) is 10.9. The van der Waals surface area contributed by atoms with Gasteiger partial charge in [-0.2, -0.15) is 0 Å². The van der Waals surface area contributed by atoms with Gasteiger partial charge in [0.2, 0.25) is 5.91 Å². The number of carbonyl (C=O) groups is 1. The van der Waals surface area contributed by atoms with Crippen molar-refractivity contribution in [1.29, 1.82) is 0 Å². The van der Waals surface area contributed by atoms with Gasteiger partial charge in [0.25, 0.3) is 0 Å². The molecule has 23 heavy (non-hydrogen) atoms. The number of aromatic amines is 1. The largest absolute Gasteiger partial charge is 0.497 e. The number of piperidine rings is 1. The van der Waals surface area contributed by atoms with Gasteiger partial charge < -0.3 is 14.6 Å². The van der Waals surface area contributed by atoms with Gasteiger partial charge in [0.1, 0.15) is 5.75 Å². The van der Waals surface area contributed by atoms with E-state index in [1.54, 1.807) is 13.2 Å². The number of hydrogen-bond acceptors (Lipinski definition) is 3. The quantitative estimate of drug-likeness (QED) is 0.880. The summed E-state index contributed by atoms with van der Waals surface area (Å²) in [5.74, 6) is 0.801. The van der Waals surface area contributed by atoms with E-state index in [0.29, 0.717) is 24.1 Å². The van der Waals surface area contributed by atoms with Gasteiger partial charge in [0.05, 0.1) is 19.7 Å². The first-order valence-corrected chi connectivity index (χ1v) is 7.94. The Morgan fingerprint density at radius 3 is 2.83 bits per heavy atom. The second-order valence-corrected chi connectivity index (χ2v) is 7.17. The highest BCUT2D eigenvalue weighted by molar-refractivity contribution is 5.83. The summed E-state index contributed by atoms with van der Waals surface area (Å²) < 4.78 is 5.22. The summed E-state index contributed by atoms with van der Waals surface area (Å²) in [6.45, 7) is 4.75. The maximum atomic E-state index is 12.9. The van der Waals surface area contributed by atoms with Crippen LogP contribution >= 0.6 is 0 Å². The molecule has 1 aromatic carbocycles. The molecule has 5 nitrogen and oxygen atoms in total. The smallest absolute Gasteiger partial charge is 0.223 e. The fourth-order valence-electron chi connectivity index (χ4n) is 4.01. The van der Waals surface area contributed by atoms with Crippen LogP contribution in [0.2, 0.25) is 0 Å². The Labute approximate surface area is 134 Å². The van der Waals surface area contributed by atoms with E-state index in [1.807, 2.05) is 17.0 Å². The van der Waals surface area contributed by atoms with Crippen LogP contribution in [-0.2, 0) is 11.3 Å². The Hall–Kier alpha value is -2.30. The van der Waals surface area contributed by atoms with E-state index in [1.165, 1.54) is 0 Å². The van der Waals surface area contributed by atoms with Crippen LogP contribution in [0.5, 0.6) is 5.75 Å². The summed E-state index contributed by atoms with van der Waals surface area (Å²) in [4.78, 5) is 30.6. The maximum Gasteiger partial charge on any atom is 0.223 e. The minimum absolute atomic E-state index is 0.00523. The van der Waals surface area contributed by atoms with Crippen LogP contribution in [0.1, 0.15) is 44.0 Å². The number of nitrogens with zero attached hydrogens (tertiary/aromatic N) is 1. The van der Waals surface area contributed by atoms with E-state index >= 15 is 0 Å². The van der Waals surface area contributed by atoms with E-state index in [2.05, 4.69) is 18.8 Å². The molecule has 0 aliphatic carbocycles. The fraction of sp³-hybridized carbons (Fsp3) is 0.444. The number of nitrogens with one attached hydrogen (secondary N) is 1. The van der Waals surface area contributed by atoms with E-state index in [4.69, 9.17) is 4.74 Å². The minimum atomic E-state index is -0.0436. The zero-order valence-corrected chi connectivity index (χ0v) is 13.6. The second-order valence-electron chi connectivity index (χ2n) is 7.17. The maximum absolute atomic E-state index is 12.9. The SMILES string of the molecule is COc1ccc2[nH]c3c(c(=O)c2c1)CN1C(=O)CCC(C)(C)C31.